The van der Waals surface area contributed by atoms with Gasteiger partial charge >= 0.3 is 0 Å². The maximum atomic E-state index is 5.45. The summed E-state index contributed by atoms with van der Waals surface area (Å²) in [5.74, 6) is 0. The number of nitrogens with one attached hydrogen (secondary N) is 1. The van der Waals surface area contributed by atoms with E-state index in [0.29, 0.717) is 5.11 Å². The summed E-state index contributed by atoms with van der Waals surface area (Å²) in [5.41, 5.74) is 3.13. The van der Waals surface area contributed by atoms with Crippen molar-refractivity contribution in [3.05, 3.63) is 89.7 Å². The predicted molar refractivity (Wildman–Crippen MR) is 109 cm³/mol. The number of benzene rings is 3. The van der Waals surface area contributed by atoms with Gasteiger partial charge in [0.25, 0.3) is 0 Å². The minimum atomic E-state index is 0.447. The summed E-state index contributed by atoms with van der Waals surface area (Å²) in [6.07, 6.45) is 0. The van der Waals surface area contributed by atoms with Crippen LogP contribution in [0.5, 0.6) is 0 Å². The molecular weight excluding hydrogens is 346 g/mol. The summed E-state index contributed by atoms with van der Waals surface area (Å²) in [5, 5.41) is 3.62. The van der Waals surface area contributed by atoms with Crippen molar-refractivity contribution in [3.63, 3.8) is 0 Å². The third-order valence-electron chi connectivity index (χ3n) is 3.74. The molecule has 0 amide bonds. The average molecular weight is 361 g/mol. The van der Waals surface area contributed by atoms with Gasteiger partial charge in [-0.3, -0.25) is 4.57 Å². The normalized spacial score (nSPS) is 11.6. The number of hydrogen-bond donors (Lipinski definition) is 1. The maximum Gasteiger partial charge on any atom is 0.199 e. The number of hydrogen-bond acceptors (Lipinski definition) is 2. The van der Waals surface area contributed by atoms with E-state index in [9.17, 15) is 0 Å². The molecule has 25 heavy (non-hydrogen) atoms. The molecule has 0 atom stereocenters. The average Bonchev–Trinajstić information content (AvgIpc) is 3.01. The number of thiazole rings is 1. The van der Waals surface area contributed by atoms with Gasteiger partial charge in [-0.15, -0.1) is 0 Å². The zero-order chi connectivity index (χ0) is 17.1. The Hall–Kier alpha value is -2.76. The quantitative estimate of drug-likeness (QED) is 0.510. The van der Waals surface area contributed by atoms with E-state index in [-0.39, 0.29) is 0 Å². The Kier molecular flexibility index (Phi) is 4.41. The van der Waals surface area contributed by atoms with Crippen LogP contribution in [0.2, 0.25) is 0 Å². The second-order valence-corrected chi connectivity index (χ2v) is 6.83. The van der Waals surface area contributed by atoms with Crippen LogP contribution in [0, 0.1) is 0 Å². The Morgan fingerprint density at radius 3 is 2.24 bits per heavy atom. The summed E-state index contributed by atoms with van der Waals surface area (Å²) in [6.45, 7) is 0. The second kappa shape index (κ2) is 7.01. The first-order valence-corrected chi connectivity index (χ1v) is 9.10. The van der Waals surface area contributed by atoms with Crippen molar-refractivity contribution in [1.29, 1.82) is 0 Å². The topological polar surface area (TPSA) is 29.3 Å². The molecule has 1 N–H and O–H groups in total. The highest BCUT2D eigenvalue weighted by atomic mass is 32.1. The summed E-state index contributed by atoms with van der Waals surface area (Å²) in [6, 6.07) is 28.3. The highest BCUT2D eigenvalue weighted by molar-refractivity contribution is 7.80. The van der Waals surface area contributed by atoms with Gasteiger partial charge in [-0.25, -0.2) is 0 Å². The van der Waals surface area contributed by atoms with Gasteiger partial charge in [0.05, 0.1) is 10.2 Å². The van der Waals surface area contributed by atoms with Crippen molar-refractivity contribution < 1.29 is 0 Å². The summed E-state index contributed by atoms with van der Waals surface area (Å²) in [4.78, 5) is 5.52. The number of thiocarbonyl (C=S) groups is 1. The Morgan fingerprint density at radius 2 is 1.48 bits per heavy atom. The molecule has 0 unspecified atom stereocenters. The van der Waals surface area contributed by atoms with Crippen molar-refractivity contribution in [1.82, 2.24) is 4.57 Å². The van der Waals surface area contributed by atoms with Crippen LogP contribution in [0.3, 0.4) is 0 Å². The standard InChI is InChI=1S/C20H15N3S2/c24-19(21-15-9-3-1-4-10-15)22-20-23(16-11-5-2-6-12-16)17-13-7-8-14-18(17)25-20/h1-14H,(H,21,24)/b22-20-. The van der Waals surface area contributed by atoms with Crippen molar-refractivity contribution in [2.24, 2.45) is 4.99 Å². The lowest BCUT2D eigenvalue weighted by Crippen LogP contribution is -2.17. The molecule has 1 heterocycles. The van der Waals surface area contributed by atoms with E-state index in [2.05, 4.69) is 39.1 Å². The molecule has 1 aromatic heterocycles. The molecule has 0 fully saturated rings. The van der Waals surface area contributed by atoms with Gasteiger partial charge in [-0.2, -0.15) is 4.99 Å². The number of fused-ring (bicyclic) bond motifs is 1. The number of anilines is 1. The fraction of sp³-hybridized carbons (Fsp3) is 0. The fourth-order valence-electron chi connectivity index (χ4n) is 2.63. The predicted octanol–water partition coefficient (Wildman–Crippen LogP) is 4.99. The minimum absolute atomic E-state index is 0.447. The number of rotatable bonds is 2. The number of nitrogens with zero attached hydrogens (tertiary/aromatic N) is 2. The van der Waals surface area contributed by atoms with E-state index in [1.54, 1.807) is 11.3 Å². The molecule has 0 aliphatic rings. The monoisotopic (exact) mass is 361 g/mol. The van der Waals surface area contributed by atoms with Gasteiger partial charge < -0.3 is 5.32 Å². The number of para-hydroxylation sites is 3. The zero-order valence-corrected chi connectivity index (χ0v) is 14.9. The van der Waals surface area contributed by atoms with E-state index >= 15 is 0 Å². The Morgan fingerprint density at radius 1 is 0.840 bits per heavy atom. The van der Waals surface area contributed by atoms with Crippen molar-refractivity contribution in [2.45, 2.75) is 0 Å². The highest BCUT2D eigenvalue weighted by Crippen LogP contribution is 2.20. The van der Waals surface area contributed by atoms with Gasteiger partial charge in [0.2, 0.25) is 0 Å². The molecule has 0 bridgehead atoms. The van der Waals surface area contributed by atoms with Crippen molar-refractivity contribution in [2.75, 3.05) is 5.32 Å². The molecule has 0 spiro atoms. The largest absolute Gasteiger partial charge is 0.331 e. The van der Waals surface area contributed by atoms with E-state index in [0.717, 1.165) is 21.7 Å². The molecule has 4 rings (SSSR count). The SMILES string of the molecule is S=C(/N=c1\sc2ccccc2n1-c1ccccc1)Nc1ccccc1. The first-order valence-electron chi connectivity index (χ1n) is 7.88. The van der Waals surface area contributed by atoms with Crippen LogP contribution in [0.25, 0.3) is 15.9 Å². The molecule has 0 aliphatic heterocycles. The van der Waals surface area contributed by atoms with E-state index in [1.165, 1.54) is 4.70 Å². The van der Waals surface area contributed by atoms with Crippen LogP contribution in [-0.4, -0.2) is 9.68 Å². The van der Waals surface area contributed by atoms with Crippen molar-refractivity contribution in [3.8, 4) is 5.69 Å². The lowest BCUT2D eigenvalue weighted by atomic mass is 10.3. The smallest absolute Gasteiger partial charge is 0.199 e. The van der Waals surface area contributed by atoms with Crippen LogP contribution in [-0.2, 0) is 0 Å². The van der Waals surface area contributed by atoms with Crippen LogP contribution in [0.1, 0.15) is 0 Å². The van der Waals surface area contributed by atoms with Crippen molar-refractivity contribution >= 4 is 44.6 Å². The van der Waals surface area contributed by atoms with Crippen LogP contribution < -0.4 is 10.1 Å². The lowest BCUT2D eigenvalue weighted by Gasteiger charge is -2.06. The molecule has 0 saturated carbocycles. The zero-order valence-electron chi connectivity index (χ0n) is 13.3. The number of aromatic nitrogens is 1. The Balaban J connectivity index is 1.82. The fourth-order valence-corrected chi connectivity index (χ4v) is 3.94. The molecule has 3 nitrogen and oxygen atoms in total. The maximum absolute atomic E-state index is 5.45. The van der Waals surface area contributed by atoms with Crippen LogP contribution >= 0.6 is 23.6 Å². The first kappa shape index (κ1) is 15.7. The molecule has 4 aromatic rings. The van der Waals surface area contributed by atoms with E-state index in [4.69, 9.17) is 12.2 Å². The molecule has 5 heteroatoms. The summed E-state index contributed by atoms with van der Waals surface area (Å²) >= 11 is 7.07. The van der Waals surface area contributed by atoms with Crippen LogP contribution in [0.15, 0.2) is 89.9 Å². The van der Waals surface area contributed by atoms with Crippen LogP contribution in [0.4, 0.5) is 5.69 Å². The Labute approximate surface area is 154 Å². The lowest BCUT2D eigenvalue weighted by molar-refractivity contribution is 1.05. The molecule has 122 valence electrons. The van der Waals surface area contributed by atoms with Gasteiger partial charge in [-0.1, -0.05) is 59.9 Å². The van der Waals surface area contributed by atoms with E-state index in [1.807, 2.05) is 60.7 Å². The third-order valence-corrected chi connectivity index (χ3v) is 4.95. The molecule has 0 saturated heterocycles. The van der Waals surface area contributed by atoms with Gasteiger partial charge in [0, 0.05) is 11.4 Å². The highest BCUT2D eigenvalue weighted by Gasteiger charge is 2.08. The molecular formula is C20H15N3S2. The van der Waals surface area contributed by atoms with Gasteiger partial charge in [0.15, 0.2) is 9.91 Å². The first-order chi connectivity index (χ1) is 12.3. The molecule has 0 aliphatic carbocycles. The van der Waals surface area contributed by atoms with Gasteiger partial charge in [-0.05, 0) is 48.6 Å². The van der Waals surface area contributed by atoms with Gasteiger partial charge in [0.1, 0.15) is 0 Å². The second-order valence-electron chi connectivity index (χ2n) is 5.43. The summed E-state index contributed by atoms with van der Waals surface area (Å²) < 4.78 is 3.31. The minimum Gasteiger partial charge on any atom is -0.331 e. The molecule has 3 aromatic carbocycles. The Bertz CT molecular complexity index is 1080. The third kappa shape index (κ3) is 3.38. The molecule has 0 radical (unpaired) electrons. The summed E-state index contributed by atoms with van der Waals surface area (Å²) in [7, 11) is 0. The van der Waals surface area contributed by atoms with E-state index < -0.39 is 0 Å².